The standard InChI is InChI=1S/C31H28F6N4O3/c32-30(33,34)23-12-21(13-24(15-23)31(35,36)37)29(43)41-11-10-40(18-28(42)39-44-19-20-6-2-1-3-7-20)17-25(41)14-22-16-38-27-9-5-4-8-26(22)27/h1-9,12-13,15-16,25,38H,10-11,14,17-19H2,(H,39,42)/t25-/m1/s1. The molecule has 7 nitrogen and oxygen atoms in total. The van der Waals surface area contributed by atoms with Crippen LogP contribution in [0.25, 0.3) is 10.9 Å². The second-order valence-electron chi connectivity index (χ2n) is 10.5. The topological polar surface area (TPSA) is 77.7 Å². The highest BCUT2D eigenvalue weighted by Crippen LogP contribution is 2.37. The Bertz CT molecular complexity index is 1590. The van der Waals surface area contributed by atoms with Crippen LogP contribution in [0.5, 0.6) is 0 Å². The Kier molecular flexibility index (Phi) is 8.97. The molecule has 3 aromatic carbocycles. The van der Waals surface area contributed by atoms with Crippen LogP contribution >= 0.6 is 0 Å². The molecule has 0 bridgehead atoms. The number of nitrogens with one attached hydrogen (secondary N) is 2. The lowest BCUT2D eigenvalue weighted by atomic mass is 9.98. The summed E-state index contributed by atoms with van der Waals surface area (Å²) in [5.41, 5.74) is 1.04. The normalized spacial score (nSPS) is 16.3. The van der Waals surface area contributed by atoms with Gasteiger partial charge in [0.15, 0.2) is 0 Å². The highest BCUT2D eigenvalue weighted by Gasteiger charge is 2.39. The number of halogens is 6. The van der Waals surface area contributed by atoms with Crippen LogP contribution in [0.1, 0.15) is 32.6 Å². The van der Waals surface area contributed by atoms with Gasteiger partial charge in [-0.05, 0) is 41.8 Å². The lowest BCUT2D eigenvalue weighted by Crippen LogP contribution is -2.57. The van der Waals surface area contributed by atoms with Gasteiger partial charge in [-0.2, -0.15) is 26.3 Å². The van der Waals surface area contributed by atoms with E-state index in [1.54, 1.807) is 11.1 Å². The second kappa shape index (κ2) is 12.7. The molecule has 1 aromatic heterocycles. The molecule has 2 N–H and O–H groups in total. The Morgan fingerprint density at radius 1 is 0.886 bits per heavy atom. The van der Waals surface area contributed by atoms with E-state index in [-0.39, 0.29) is 45.3 Å². The van der Waals surface area contributed by atoms with E-state index >= 15 is 0 Å². The molecule has 0 aliphatic carbocycles. The molecule has 1 atom stereocenters. The first-order valence-corrected chi connectivity index (χ1v) is 13.7. The van der Waals surface area contributed by atoms with Crippen molar-refractivity contribution in [1.29, 1.82) is 0 Å². The Hall–Kier alpha value is -4.36. The summed E-state index contributed by atoms with van der Waals surface area (Å²) >= 11 is 0. The number of hydrogen-bond acceptors (Lipinski definition) is 4. The fourth-order valence-corrected chi connectivity index (χ4v) is 5.31. The maximum Gasteiger partial charge on any atom is 0.416 e. The molecule has 2 heterocycles. The van der Waals surface area contributed by atoms with Crippen molar-refractivity contribution in [3.8, 4) is 0 Å². The van der Waals surface area contributed by atoms with E-state index in [1.165, 1.54) is 4.90 Å². The van der Waals surface area contributed by atoms with Crippen LogP contribution in [0.2, 0.25) is 0 Å². The average Bonchev–Trinajstić information content (AvgIpc) is 3.39. The number of alkyl halides is 6. The molecule has 1 aliphatic rings. The Labute approximate surface area is 248 Å². The fourth-order valence-electron chi connectivity index (χ4n) is 5.31. The van der Waals surface area contributed by atoms with Gasteiger partial charge in [0.05, 0.1) is 24.3 Å². The van der Waals surface area contributed by atoms with Gasteiger partial charge in [-0.1, -0.05) is 48.5 Å². The van der Waals surface area contributed by atoms with E-state index in [1.807, 2.05) is 54.6 Å². The molecule has 5 rings (SSSR count). The highest BCUT2D eigenvalue weighted by atomic mass is 19.4. The van der Waals surface area contributed by atoms with Crippen LogP contribution < -0.4 is 5.48 Å². The van der Waals surface area contributed by atoms with Crippen molar-refractivity contribution in [2.75, 3.05) is 26.2 Å². The lowest BCUT2D eigenvalue weighted by Gasteiger charge is -2.41. The summed E-state index contributed by atoms with van der Waals surface area (Å²) in [6.07, 6.45) is -8.19. The van der Waals surface area contributed by atoms with E-state index in [0.717, 1.165) is 22.0 Å². The number of carbonyl (C=O) groups excluding carboxylic acids is 2. The third-order valence-electron chi connectivity index (χ3n) is 7.43. The molecular formula is C31H28F6N4O3. The summed E-state index contributed by atoms with van der Waals surface area (Å²) in [6, 6.07) is 16.8. The van der Waals surface area contributed by atoms with Crippen molar-refractivity contribution in [3.05, 3.63) is 107 Å². The molecule has 0 spiro atoms. The predicted octanol–water partition coefficient (Wildman–Crippen LogP) is 5.82. The van der Waals surface area contributed by atoms with E-state index in [0.29, 0.717) is 12.1 Å². The summed E-state index contributed by atoms with van der Waals surface area (Å²) in [7, 11) is 0. The molecule has 232 valence electrons. The molecule has 13 heteroatoms. The van der Waals surface area contributed by atoms with Gasteiger partial charge >= 0.3 is 12.4 Å². The number of fused-ring (bicyclic) bond motifs is 1. The second-order valence-corrected chi connectivity index (χ2v) is 10.5. The van der Waals surface area contributed by atoms with Crippen molar-refractivity contribution < 1.29 is 40.8 Å². The van der Waals surface area contributed by atoms with Crippen LogP contribution in [-0.2, 0) is 35.0 Å². The number of nitrogens with zero attached hydrogens (tertiary/aromatic N) is 2. The third kappa shape index (κ3) is 7.40. The number of rotatable bonds is 8. The van der Waals surface area contributed by atoms with Crippen molar-refractivity contribution in [2.45, 2.75) is 31.4 Å². The first kappa shape index (κ1) is 31.1. The highest BCUT2D eigenvalue weighted by molar-refractivity contribution is 5.95. The number of amides is 2. The van der Waals surface area contributed by atoms with Gasteiger partial charge < -0.3 is 9.88 Å². The first-order chi connectivity index (χ1) is 20.9. The van der Waals surface area contributed by atoms with Crippen molar-refractivity contribution in [2.24, 2.45) is 0 Å². The minimum atomic E-state index is -5.09. The zero-order chi connectivity index (χ0) is 31.5. The number of carbonyl (C=O) groups is 2. The van der Waals surface area contributed by atoms with Gasteiger partial charge in [-0.3, -0.25) is 19.3 Å². The molecule has 1 saturated heterocycles. The maximum atomic E-state index is 13.6. The van der Waals surface area contributed by atoms with E-state index in [2.05, 4.69) is 10.5 Å². The zero-order valence-electron chi connectivity index (χ0n) is 23.2. The molecule has 44 heavy (non-hydrogen) atoms. The summed E-state index contributed by atoms with van der Waals surface area (Å²) in [5, 5.41) is 0.863. The third-order valence-corrected chi connectivity index (χ3v) is 7.43. The van der Waals surface area contributed by atoms with Gasteiger partial charge in [-0.15, -0.1) is 0 Å². The van der Waals surface area contributed by atoms with E-state index in [9.17, 15) is 35.9 Å². The number of hydrogen-bond donors (Lipinski definition) is 2. The fraction of sp³-hybridized carbons (Fsp3) is 0.290. The first-order valence-electron chi connectivity index (χ1n) is 13.7. The van der Waals surface area contributed by atoms with Crippen molar-refractivity contribution >= 4 is 22.7 Å². The Morgan fingerprint density at radius 2 is 1.55 bits per heavy atom. The summed E-state index contributed by atoms with van der Waals surface area (Å²) in [6.45, 7) is 0.329. The van der Waals surface area contributed by atoms with Crippen molar-refractivity contribution in [3.63, 3.8) is 0 Å². The minimum absolute atomic E-state index is 0.00335. The van der Waals surface area contributed by atoms with Crippen molar-refractivity contribution in [1.82, 2.24) is 20.3 Å². The number of benzene rings is 3. The molecule has 1 aliphatic heterocycles. The molecule has 2 amide bonds. The molecule has 0 saturated carbocycles. The number of aromatic nitrogens is 1. The van der Waals surface area contributed by atoms with Crippen LogP contribution in [0.15, 0.2) is 79.0 Å². The quantitative estimate of drug-likeness (QED) is 0.193. The number of hydroxylamine groups is 1. The van der Waals surface area contributed by atoms with E-state index < -0.39 is 46.9 Å². The van der Waals surface area contributed by atoms with Crippen LogP contribution in [0.4, 0.5) is 26.3 Å². The number of piperazine rings is 1. The van der Waals surface area contributed by atoms with Gasteiger partial charge in [0.1, 0.15) is 0 Å². The number of aromatic amines is 1. The summed E-state index contributed by atoms with van der Waals surface area (Å²) in [5.74, 6) is -1.40. The van der Waals surface area contributed by atoms with Crippen LogP contribution in [-0.4, -0.2) is 58.8 Å². The maximum absolute atomic E-state index is 13.6. The number of H-pyrrole nitrogens is 1. The zero-order valence-corrected chi connectivity index (χ0v) is 23.2. The smallest absolute Gasteiger partial charge is 0.361 e. The predicted molar refractivity (Wildman–Crippen MR) is 149 cm³/mol. The Balaban J connectivity index is 1.37. The monoisotopic (exact) mass is 618 g/mol. The average molecular weight is 619 g/mol. The largest absolute Gasteiger partial charge is 0.416 e. The Morgan fingerprint density at radius 3 is 2.23 bits per heavy atom. The van der Waals surface area contributed by atoms with Crippen LogP contribution in [0, 0.1) is 0 Å². The molecule has 0 unspecified atom stereocenters. The number of para-hydroxylation sites is 1. The molecule has 0 radical (unpaired) electrons. The molecule has 4 aromatic rings. The molecular weight excluding hydrogens is 590 g/mol. The van der Waals surface area contributed by atoms with Gasteiger partial charge in [0.2, 0.25) is 0 Å². The van der Waals surface area contributed by atoms with Gasteiger partial charge in [0, 0.05) is 48.3 Å². The van der Waals surface area contributed by atoms with Gasteiger partial charge in [-0.25, -0.2) is 5.48 Å². The molecule has 1 fully saturated rings. The summed E-state index contributed by atoms with van der Waals surface area (Å²) < 4.78 is 81.2. The van der Waals surface area contributed by atoms with E-state index in [4.69, 9.17) is 4.84 Å². The summed E-state index contributed by atoms with van der Waals surface area (Å²) in [4.78, 5) is 37.7. The van der Waals surface area contributed by atoms with Gasteiger partial charge in [0.25, 0.3) is 11.8 Å². The lowest BCUT2D eigenvalue weighted by molar-refractivity contribution is -0.143. The van der Waals surface area contributed by atoms with Crippen LogP contribution in [0.3, 0.4) is 0 Å². The SMILES string of the molecule is O=C(CN1CCN(C(=O)c2cc(C(F)(F)F)cc(C(F)(F)F)c2)[C@H](Cc2c[nH]c3ccccc23)C1)NOCc1ccccc1. The minimum Gasteiger partial charge on any atom is -0.361 e.